The van der Waals surface area contributed by atoms with Crippen LogP contribution in [-0.4, -0.2) is 24.2 Å². The molecule has 0 saturated carbocycles. The number of hydrogen-bond acceptors (Lipinski definition) is 4. The number of aromatic nitrogens is 1. The van der Waals surface area contributed by atoms with Gasteiger partial charge in [-0.15, -0.1) is 0 Å². The van der Waals surface area contributed by atoms with Gasteiger partial charge in [-0.1, -0.05) is 60.7 Å². The third-order valence-electron chi connectivity index (χ3n) is 6.26. The van der Waals surface area contributed by atoms with Crippen molar-refractivity contribution in [3.8, 4) is 45.5 Å². The Labute approximate surface area is 216 Å². The van der Waals surface area contributed by atoms with Crippen LogP contribution in [0.15, 0.2) is 114 Å². The zero-order valence-electron chi connectivity index (χ0n) is 20.5. The highest BCUT2D eigenvalue weighted by atomic mass is 16.7. The summed E-state index contributed by atoms with van der Waals surface area (Å²) in [5, 5.41) is 0. The molecule has 0 unspecified atom stereocenters. The van der Waals surface area contributed by atoms with Crippen molar-refractivity contribution in [2.45, 2.75) is 6.92 Å². The third kappa shape index (κ3) is 4.59. The second kappa shape index (κ2) is 10.1. The Kier molecular flexibility index (Phi) is 6.17. The lowest BCUT2D eigenvalue weighted by Gasteiger charge is -2.15. The molecule has 6 rings (SSSR count). The lowest BCUT2D eigenvalue weighted by Crippen LogP contribution is -2.01. The minimum Gasteiger partial charge on any atom is -0.494 e. The molecule has 5 aromatic rings. The fourth-order valence-corrected chi connectivity index (χ4v) is 4.58. The fourth-order valence-electron chi connectivity index (χ4n) is 4.58. The first-order valence-corrected chi connectivity index (χ1v) is 12.3. The van der Waals surface area contributed by atoms with Gasteiger partial charge in [0.15, 0.2) is 11.5 Å². The van der Waals surface area contributed by atoms with E-state index in [1.165, 1.54) is 0 Å². The highest BCUT2D eigenvalue weighted by Gasteiger charge is 2.19. The Bertz CT molecular complexity index is 1540. The molecule has 0 spiro atoms. The Morgan fingerprint density at radius 2 is 1.49 bits per heavy atom. The smallest absolute Gasteiger partial charge is 0.231 e. The van der Waals surface area contributed by atoms with E-state index < -0.39 is 0 Å². The first-order chi connectivity index (χ1) is 18.3. The van der Waals surface area contributed by atoms with Gasteiger partial charge >= 0.3 is 0 Å². The molecule has 0 N–H and O–H groups in total. The molecule has 0 radical (unpaired) electrons. The SMILES string of the molecule is CCOc1ccc(-n2c(-c3ccccc3)cc(C=Nc3ccc4c(c3)OCO4)c2-c2ccccc2)cc1. The van der Waals surface area contributed by atoms with Crippen LogP contribution in [0.4, 0.5) is 5.69 Å². The summed E-state index contributed by atoms with van der Waals surface area (Å²) in [7, 11) is 0. The first-order valence-electron chi connectivity index (χ1n) is 12.3. The predicted octanol–water partition coefficient (Wildman–Crippen LogP) is 7.69. The van der Waals surface area contributed by atoms with Crippen molar-refractivity contribution in [3.63, 3.8) is 0 Å². The Balaban J connectivity index is 1.53. The van der Waals surface area contributed by atoms with E-state index in [9.17, 15) is 0 Å². The van der Waals surface area contributed by atoms with Gasteiger partial charge in [0.05, 0.1) is 23.7 Å². The average molecular weight is 487 g/mol. The molecule has 4 aromatic carbocycles. The Hall–Kier alpha value is -4.77. The number of fused-ring (bicyclic) bond motifs is 1. The quantitative estimate of drug-likeness (QED) is 0.222. The minimum absolute atomic E-state index is 0.242. The summed E-state index contributed by atoms with van der Waals surface area (Å²) in [6, 6.07) is 37.0. The normalized spacial score (nSPS) is 12.2. The van der Waals surface area contributed by atoms with Crippen molar-refractivity contribution in [3.05, 3.63) is 115 Å². The molecule has 5 nitrogen and oxygen atoms in total. The van der Waals surface area contributed by atoms with E-state index in [0.717, 1.165) is 56.7 Å². The van der Waals surface area contributed by atoms with E-state index in [0.29, 0.717) is 6.61 Å². The molecule has 0 aliphatic carbocycles. The van der Waals surface area contributed by atoms with Gasteiger partial charge in [0, 0.05) is 23.5 Å². The predicted molar refractivity (Wildman–Crippen MR) is 148 cm³/mol. The molecule has 1 aromatic heterocycles. The van der Waals surface area contributed by atoms with Crippen molar-refractivity contribution in [1.29, 1.82) is 0 Å². The molecule has 0 amide bonds. The maximum atomic E-state index is 5.70. The van der Waals surface area contributed by atoms with E-state index >= 15 is 0 Å². The van der Waals surface area contributed by atoms with Gasteiger partial charge in [-0.05, 0) is 60.5 Å². The van der Waals surface area contributed by atoms with E-state index in [-0.39, 0.29) is 6.79 Å². The topological polar surface area (TPSA) is 45.0 Å². The molecule has 5 heteroatoms. The van der Waals surface area contributed by atoms with E-state index in [1.54, 1.807) is 0 Å². The summed E-state index contributed by atoms with van der Waals surface area (Å²) in [6.07, 6.45) is 1.93. The van der Waals surface area contributed by atoms with Gasteiger partial charge in [-0.25, -0.2) is 0 Å². The van der Waals surface area contributed by atoms with Crippen molar-refractivity contribution in [2.75, 3.05) is 13.4 Å². The third-order valence-corrected chi connectivity index (χ3v) is 6.26. The molecular weight excluding hydrogens is 460 g/mol. The maximum Gasteiger partial charge on any atom is 0.231 e. The fraction of sp³-hybridized carbons (Fsp3) is 0.0938. The molecular formula is C32H26N2O3. The second-order valence-electron chi connectivity index (χ2n) is 8.62. The number of hydrogen-bond donors (Lipinski definition) is 0. The number of rotatable bonds is 7. The monoisotopic (exact) mass is 486 g/mol. The van der Waals surface area contributed by atoms with Crippen molar-refractivity contribution in [2.24, 2.45) is 4.99 Å². The highest BCUT2D eigenvalue weighted by molar-refractivity contribution is 5.94. The molecule has 0 atom stereocenters. The van der Waals surface area contributed by atoms with Gasteiger partial charge in [0.25, 0.3) is 0 Å². The minimum atomic E-state index is 0.242. The van der Waals surface area contributed by atoms with Crippen LogP contribution in [0, 0.1) is 0 Å². The van der Waals surface area contributed by atoms with Crippen molar-refractivity contribution in [1.82, 2.24) is 4.57 Å². The summed E-state index contributed by atoms with van der Waals surface area (Å²) < 4.78 is 19.0. The zero-order valence-corrected chi connectivity index (χ0v) is 20.5. The second-order valence-corrected chi connectivity index (χ2v) is 8.62. The lowest BCUT2D eigenvalue weighted by molar-refractivity contribution is 0.174. The van der Waals surface area contributed by atoms with E-state index in [1.807, 2.05) is 55.6 Å². The summed E-state index contributed by atoms with van der Waals surface area (Å²) >= 11 is 0. The van der Waals surface area contributed by atoms with Crippen LogP contribution in [0.5, 0.6) is 17.2 Å². The van der Waals surface area contributed by atoms with E-state index in [2.05, 4.69) is 71.3 Å². The van der Waals surface area contributed by atoms with Gasteiger partial charge in [0.2, 0.25) is 6.79 Å². The molecule has 0 bridgehead atoms. The largest absolute Gasteiger partial charge is 0.494 e. The molecule has 182 valence electrons. The Morgan fingerprint density at radius 3 is 2.22 bits per heavy atom. The van der Waals surface area contributed by atoms with Gasteiger partial charge < -0.3 is 18.8 Å². The molecule has 2 heterocycles. The number of nitrogens with zero attached hydrogens (tertiary/aromatic N) is 2. The van der Waals surface area contributed by atoms with Crippen LogP contribution in [0.2, 0.25) is 0 Å². The molecule has 1 aliphatic rings. The van der Waals surface area contributed by atoms with Crippen LogP contribution in [0.1, 0.15) is 12.5 Å². The van der Waals surface area contributed by atoms with Crippen LogP contribution in [-0.2, 0) is 0 Å². The van der Waals surface area contributed by atoms with Crippen molar-refractivity contribution < 1.29 is 14.2 Å². The first kappa shape index (κ1) is 22.7. The number of benzene rings is 4. The summed E-state index contributed by atoms with van der Waals surface area (Å²) in [4.78, 5) is 4.83. The summed E-state index contributed by atoms with van der Waals surface area (Å²) in [5.41, 5.74) is 7.23. The van der Waals surface area contributed by atoms with Crippen LogP contribution < -0.4 is 14.2 Å². The summed E-state index contributed by atoms with van der Waals surface area (Å²) in [5.74, 6) is 2.32. The molecule has 1 aliphatic heterocycles. The van der Waals surface area contributed by atoms with Crippen LogP contribution in [0.3, 0.4) is 0 Å². The zero-order chi connectivity index (χ0) is 25.0. The van der Waals surface area contributed by atoms with Crippen LogP contribution >= 0.6 is 0 Å². The number of aliphatic imine (C=N–C) groups is 1. The lowest BCUT2D eigenvalue weighted by atomic mass is 10.1. The molecule has 0 fully saturated rings. The highest BCUT2D eigenvalue weighted by Crippen LogP contribution is 2.37. The van der Waals surface area contributed by atoms with E-state index in [4.69, 9.17) is 19.2 Å². The Morgan fingerprint density at radius 1 is 0.784 bits per heavy atom. The van der Waals surface area contributed by atoms with Crippen molar-refractivity contribution >= 4 is 11.9 Å². The van der Waals surface area contributed by atoms with Gasteiger partial charge in [-0.2, -0.15) is 0 Å². The number of ether oxygens (including phenoxy) is 3. The standard InChI is InChI=1S/C32H26N2O3/c1-2-35-28-16-14-27(15-17-28)34-29(23-9-5-3-6-10-23)19-25(32(34)24-11-7-4-8-12-24)21-33-26-13-18-30-31(20-26)37-22-36-30/h3-21H,2,22H2,1H3. The average Bonchev–Trinajstić information content (AvgIpc) is 3.58. The van der Waals surface area contributed by atoms with Gasteiger partial charge in [-0.3, -0.25) is 4.99 Å². The van der Waals surface area contributed by atoms with Gasteiger partial charge in [0.1, 0.15) is 5.75 Å². The molecule has 37 heavy (non-hydrogen) atoms. The summed E-state index contributed by atoms with van der Waals surface area (Å²) in [6.45, 7) is 2.87. The maximum absolute atomic E-state index is 5.70. The molecule has 0 saturated heterocycles. The van der Waals surface area contributed by atoms with Crippen LogP contribution in [0.25, 0.3) is 28.2 Å².